The average Bonchev–Trinajstić information content (AvgIpc) is 3.04. The van der Waals surface area contributed by atoms with Crippen LogP contribution in [0.25, 0.3) is 0 Å². The zero-order chi connectivity index (χ0) is 12.4. The molecule has 0 amide bonds. The minimum Gasteiger partial charge on any atom is -0.368 e. The second-order valence-corrected chi connectivity index (χ2v) is 6.20. The van der Waals surface area contributed by atoms with Gasteiger partial charge in [-0.3, -0.25) is 4.90 Å². The maximum atomic E-state index is 5.98. The first kappa shape index (κ1) is 12.5. The van der Waals surface area contributed by atoms with E-state index in [4.69, 9.17) is 4.74 Å². The lowest BCUT2D eigenvalue weighted by Crippen LogP contribution is -2.42. The van der Waals surface area contributed by atoms with E-state index in [1.165, 1.54) is 24.3 Å². The van der Waals surface area contributed by atoms with E-state index in [-0.39, 0.29) is 6.10 Å². The van der Waals surface area contributed by atoms with E-state index >= 15 is 0 Å². The fraction of sp³-hybridized carbons (Fsp3) is 0.769. The molecule has 2 unspecified atom stereocenters. The molecule has 100 valence electrons. The maximum absolute atomic E-state index is 5.98. The summed E-state index contributed by atoms with van der Waals surface area (Å²) in [5.41, 5.74) is 0. The molecule has 3 heterocycles. The SMILES string of the molecule is CCNCc1cnc(C2CN3CCCC3CO2)s1. The maximum Gasteiger partial charge on any atom is 0.123 e. The quantitative estimate of drug-likeness (QED) is 0.902. The van der Waals surface area contributed by atoms with E-state index in [0.29, 0.717) is 6.04 Å². The van der Waals surface area contributed by atoms with Crippen molar-refractivity contribution in [2.45, 2.75) is 38.5 Å². The summed E-state index contributed by atoms with van der Waals surface area (Å²) in [6, 6.07) is 0.669. The normalized spacial score (nSPS) is 28.5. The molecule has 1 N–H and O–H groups in total. The van der Waals surface area contributed by atoms with Gasteiger partial charge in [-0.1, -0.05) is 6.92 Å². The molecule has 1 aromatic heterocycles. The van der Waals surface area contributed by atoms with Crippen LogP contribution >= 0.6 is 11.3 Å². The van der Waals surface area contributed by atoms with Crippen molar-refractivity contribution in [2.24, 2.45) is 0 Å². The van der Waals surface area contributed by atoms with Crippen molar-refractivity contribution in [2.75, 3.05) is 26.2 Å². The van der Waals surface area contributed by atoms with Gasteiger partial charge in [0.2, 0.25) is 0 Å². The average molecular weight is 267 g/mol. The Balaban J connectivity index is 1.62. The fourth-order valence-corrected chi connectivity index (χ4v) is 3.70. The van der Waals surface area contributed by atoms with Gasteiger partial charge in [-0.05, 0) is 25.9 Å². The van der Waals surface area contributed by atoms with Gasteiger partial charge in [0.25, 0.3) is 0 Å². The first-order chi connectivity index (χ1) is 8.86. The van der Waals surface area contributed by atoms with E-state index in [1.807, 2.05) is 6.20 Å². The van der Waals surface area contributed by atoms with Crippen LogP contribution in [0.1, 0.15) is 35.8 Å². The Morgan fingerprint density at radius 2 is 2.56 bits per heavy atom. The molecule has 4 nitrogen and oxygen atoms in total. The number of ether oxygens (including phenoxy) is 1. The fourth-order valence-electron chi connectivity index (χ4n) is 2.77. The van der Waals surface area contributed by atoms with Crippen LogP contribution in [0.5, 0.6) is 0 Å². The summed E-state index contributed by atoms with van der Waals surface area (Å²) < 4.78 is 5.98. The molecule has 0 radical (unpaired) electrons. The number of nitrogens with one attached hydrogen (secondary N) is 1. The summed E-state index contributed by atoms with van der Waals surface area (Å²) in [6.45, 7) is 7.20. The third-order valence-corrected chi connectivity index (χ3v) is 4.87. The highest BCUT2D eigenvalue weighted by Gasteiger charge is 2.33. The molecule has 5 heteroatoms. The number of aromatic nitrogens is 1. The Kier molecular flexibility index (Phi) is 3.94. The molecule has 2 aliphatic rings. The van der Waals surface area contributed by atoms with Gasteiger partial charge in [0.1, 0.15) is 11.1 Å². The van der Waals surface area contributed by atoms with Crippen LogP contribution in [-0.2, 0) is 11.3 Å². The smallest absolute Gasteiger partial charge is 0.123 e. The summed E-state index contributed by atoms with van der Waals surface area (Å²) >= 11 is 1.79. The van der Waals surface area contributed by atoms with E-state index in [2.05, 4.69) is 22.1 Å². The predicted octanol–water partition coefficient (Wildman–Crippen LogP) is 1.79. The predicted molar refractivity (Wildman–Crippen MR) is 72.8 cm³/mol. The molecule has 1 aromatic rings. The summed E-state index contributed by atoms with van der Waals surface area (Å²) in [6.07, 6.45) is 4.81. The third kappa shape index (κ3) is 2.59. The molecule has 18 heavy (non-hydrogen) atoms. The first-order valence-electron chi connectivity index (χ1n) is 6.87. The molecule has 0 aromatic carbocycles. The number of hydrogen-bond donors (Lipinski definition) is 1. The minimum atomic E-state index is 0.194. The third-order valence-electron chi connectivity index (χ3n) is 3.79. The van der Waals surface area contributed by atoms with Crippen LogP contribution in [0.15, 0.2) is 6.20 Å². The van der Waals surface area contributed by atoms with Crippen LogP contribution in [0.4, 0.5) is 0 Å². The summed E-state index contributed by atoms with van der Waals surface area (Å²) in [4.78, 5) is 8.41. The molecule has 2 aliphatic heterocycles. The van der Waals surface area contributed by atoms with Gasteiger partial charge in [-0.2, -0.15) is 0 Å². The monoisotopic (exact) mass is 267 g/mol. The van der Waals surface area contributed by atoms with Crippen LogP contribution in [-0.4, -0.2) is 42.2 Å². The van der Waals surface area contributed by atoms with Crippen molar-refractivity contribution >= 4 is 11.3 Å². The van der Waals surface area contributed by atoms with Crippen molar-refractivity contribution in [3.63, 3.8) is 0 Å². The minimum absolute atomic E-state index is 0.194. The molecule has 2 atom stereocenters. The molecular weight excluding hydrogens is 246 g/mol. The van der Waals surface area contributed by atoms with Crippen molar-refractivity contribution in [3.05, 3.63) is 16.1 Å². The molecule has 0 spiro atoms. The highest BCUT2D eigenvalue weighted by Crippen LogP contribution is 2.31. The second kappa shape index (κ2) is 5.65. The van der Waals surface area contributed by atoms with Gasteiger partial charge in [0, 0.05) is 30.2 Å². The zero-order valence-electron chi connectivity index (χ0n) is 10.9. The summed E-state index contributed by atoms with van der Waals surface area (Å²) in [5.74, 6) is 0. The van der Waals surface area contributed by atoms with E-state index in [9.17, 15) is 0 Å². The lowest BCUT2D eigenvalue weighted by Gasteiger charge is -2.34. The Morgan fingerprint density at radius 1 is 1.61 bits per heavy atom. The second-order valence-electron chi connectivity index (χ2n) is 5.06. The highest BCUT2D eigenvalue weighted by molar-refractivity contribution is 7.11. The highest BCUT2D eigenvalue weighted by atomic mass is 32.1. The van der Waals surface area contributed by atoms with Gasteiger partial charge < -0.3 is 10.1 Å². The zero-order valence-corrected chi connectivity index (χ0v) is 11.7. The van der Waals surface area contributed by atoms with Gasteiger partial charge in [0.15, 0.2) is 0 Å². The van der Waals surface area contributed by atoms with Gasteiger partial charge in [-0.25, -0.2) is 4.98 Å². The molecule has 3 rings (SSSR count). The Bertz CT molecular complexity index is 395. The topological polar surface area (TPSA) is 37.4 Å². The van der Waals surface area contributed by atoms with E-state index in [1.54, 1.807) is 11.3 Å². The number of nitrogens with zero attached hydrogens (tertiary/aromatic N) is 2. The lowest BCUT2D eigenvalue weighted by molar-refractivity contribution is -0.0502. The number of morpholine rings is 1. The van der Waals surface area contributed by atoms with Crippen molar-refractivity contribution in [1.82, 2.24) is 15.2 Å². The molecular formula is C13H21N3OS. The molecule has 0 bridgehead atoms. The Morgan fingerprint density at radius 3 is 3.44 bits per heavy atom. The standard InChI is InChI=1S/C13H21N3OS/c1-2-14-6-11-7-15-13(18-11)12-8-16-5-3-4-10(16)9-17-12/h7,10,12,14H,2-6,8-9H2,1H3. The summed E-state index contributed by atoms with van der Waals surface area (Å²) in [5, 5.41) is 4.48. The van der Waals surface area contributed by atoms with Crippen molar-refractivity contribution in [3.8, 4) is 0 Å². The number of fused-ring (bicyclic) bond motifs is 1. The largest absolute Gasteiger partial charge is 0.368 e. The Hall–Kier alpha value is -0.490. The summed E-state index contributed by atoms with van der Waals surface area (Å²) in [7, 11) is 0. The van der Waals surface area contributed by atoms with Gasteiger partial charge in [-0.15, -0.1) is 11.3 Å². The van der Waals surface area contributed by atoms with Crippen LogP contribution < -0.4 is 5.32 Å². The van der Waals surface area contributed by atoms with Crippen LogP contribution in [0, 0.1) is 0 Å². The van der Waals surface area contributed by atoms with Crippen LogP contribution in [0.3, 0.4) is 0 Å². The van der Waals surface area contributed by atoms with Gasteiger partial charge >= 0.3 is 0 Å². The van der Waals surface area contributed by atoms with Crippen LogP contribution in [0.2, 0.25) is 0 Å². The molecule has 0 saturated carbocycles. The van der Waals surface area contributed by atoms with Crippen molar-refractivity contribution < 1.29 is 4.74 Å². The number of hydrogen-bond acceptors (Lipinski definition) is 5. The molecule has 0 aliphatic carbocycles. The number of rotatable bonds is 4. The lowest BCUT2D eigenvalue weighted by atomic mass is 10.2. The Labute approximate surface area is 112 Å². The van der Waals surface area contributed by atoms with Gasteiger partial charge in [0.05, 0.1) is 6.61 Å². The van der Waals surface area contributed by atoms with E-state index < -0.39 is 0 Å². The number of thiazole rings is 1. The molecule has 2 saturated heterocycles. The first-order valence-corrected chi connectivity index (χ1v) is 7.69. The van der Waals surface area contributed by atoms with Crippen molar-refractivity contribution in [1.29, 1.82) is 0 Å². The molecule has 2 fully saturated rings. The van der Waals surface area contributed by atoms with E-state index in [0.717, 1.165) is 31.2 Å².